The topological polar surface area (TPSA) is 107 Å². The van der Waals surface area contributed by atoms with Crippen LogP contribution in [0.4, 0.5) is 18.9 Å². The summed E-state index contributed by atoms with van der Waals surface area (Å²) in [5.41, 5.74) is -2.94. The Labute approximate surface area is 177 Å². The Balaban J connectivity index is 2.01. The molecule has 0 fully saturated rings. The molecule has 1 heterocycles. The lowest BCUT2D eigenvalue weighted by Crippen LogP contribution is -2.21. The van der Waals surface area contributed by atoms with Crippen molar-refractivity contribution in [3.8, 4) is 11.5 Å². The maximum atomic E-state index is 12.8. The predicted molar refractivity (Wildman–Crippen MR) is 104 cm³/mol. The number of hydrogen-bond acceptors (Lipinski definition) is 5. The van der Waals surface area contributed by atoms with Gasteiger partial charge in [-0.25, -0.2) is 0 Å². The number of nitro groups is 1. The average Bonchev–Trinajstić information content (AvgIpc) is 3.08. The third-order valence-electron chi connectivity index (χ3n) is 4.30. The fourth-order valence-corrected chi connectivity index (χ4v) is 2.98. The van der Waals surface area contributed by atoms with E-state index in [1.165, 1.54) is 0 Å². The number of H-pyrrole nitrogens is 1. The Morgan fingerprint density at radius 1 is 1.23 bits per heavy atom. The summed E-state index contributed by atoms with van der Waals surface area (Å²) in [6.45, 7) is 1.92. The number of ketones is 1. The summed E-state index contributed by atoms with van der Waals surface area (Å²) in [5.74, 6) is -1.16. The molecule has 0 aliphatic rings. The van der Waals surface area contributed by atoms with E-state index in [9.17, 15) is 32.9 Å². The Morgan fingerprint density at radius 2 is 1.94 bits per heavy atom. The van der Waals surface area contributed by atoms with Gasteiger partial charge >= 0.3 is 6.18 Å². The number of nitrogens with zero attached hydrogens (tertiary/aromatic N) is 2. The molecule has 0 saturated heterocycles. The van der Waals surface area contributed by atoms with E-state index in [0.29, 0.717) is 6.07 Å². The Morgan fingerprint density at radius 3 is 2.48 bits per heavy atom. The van der Waals surface area contributed by atoms with Gasteiger partial charge in [0.15, 0.2) is 0 Å². The van der Waals surface area contributed by atoms with Crippen LogP contribution < -0.4 is 10.3 Å². The molecule has 0 saturated carbocycles. The van der Waals surface area contributed by atoms with Crippen molar-refractivity contribution < 1.29 is 27.6 Å². The van der Waals surface area contributed by atoms with E-state index < -0.39 is 39.3 Å². The molecular weight excluding hydrogens is 443 g/mol. The highest BCUT2D eigenvalue weighted by molar-refractivity contribution is 6.32. The summed E-state index contributed by atoms with van der Waals surface area (Å²) in [5, 5.41) is 13.6. The number of aromatic nitrogens is 2. The average molecular weight is 456 g/mol. The first-order valence-corrected chi connectivity index (χ1v) is 9.06. The number of carbonyl (C=O) groups excluding carboxylic acids is 1. The molecule has 0 amide bonds. The van der Waals surface area contributed by atoms with E-state index in [1.54, 1.807) is 6.92 Å². The lowest BCUT2D eigenvalue weighted by atomic mass is 10.0. The molecule has 3 aromatic rings. The second-order valence-corrected chi connectivity index (χ2v) is 6.65. The number of halogens is 4. The summed E-state index contributed by atoms with van der Waals surface area (Å²) in [6.07, 6.45) is -3.46. The molecule has 0 atom stereocenters. The summed E-state index contributed by atoms with van der Waals surface area (Å²) in [7, 11) is 0. The second-order valence-electron chi connectivity index (χ2n) is 6.25. The van der Waals surface area contributed by atoms with Crippen LogP contribution in [0.3, 0.4) is 0 Å². The third-order valence-corrected chi connectivity index (χ3v) is 4.59. The van der Waals surface area contributed by atoms with Crippen LogP contribution in [0.5, 0.6) is 11.5 Å². The van der Waals surface area contributed by atoms with Gasteiger partial charge in [-0.05, 0) is 37.3 Å². The molecule has 0 spiro atoms. The highest BCUT2D eigenvalue weighted by atomic mass is 35.5. The summed E-state index contributed by atoms with van der Waals surface area (Å²) in [6, 6.07) is 5.58. The summed E-state index contributed by atoms with van der Waals surface area (Å²) >= 11 is 5.86. The second kappa shape index (κ2) is 8.26. The Hall–Kier alpha value is -3.60. The molecule has 2 aromatic carbocycles. The number of rotatable bonds is 6. The van der Waals surface area contributed by atoms with E-state index in [-0.39, 0.29) is 28.6 Å². The number of hydrogen-bond donors (Lipinski definition) is 1. The molecule has 0 radical (unpaired) electrons. The van der Waals surface area contributed by atoms with E-state index in [1.807, 2.05) is 0 Å². The molecule has 0 aliphatic heterocycles. The van der Waals surface area contributed by atoms with Crippen LogP contribution >= 0.6 is 11.6 Å². The molecule has 31 heavy (non-hydrogen) atoms. The van der Waals surface area contributed by atoms with E-state index in [2.05, 4.69) is 5.10 Å². The van der Waals surface area contributed by atoms with E-state index in [0.717, 1.165) is 41.2 Å². The van der Waals surface area contributed by atoms with Crippen LogP contribution in [0, 0.1) is 10.1 Å². The van der Waals surface area contributed by atoms with Crippen molar-refractivity contribution in [2.24, 2.45) is 0 Å². The number of benzene rings is 2. The number of carbonyl (C=O) groups is 1. The van der Waals surface area contributed by atoms with E-state index in [4.69, 9.17) is 16.3 Å². The van der Waals surface area contributed by atoms with Crippen molar-refractivity contribution in [3.63, 3.8) is 0 Å². The monoisotopic (exact) mass is 455 g/mol. The lowest BCUT2D eigenvalue weighted by molar-refractivity contribution is -0.385. The highest BCUT2D eigenvalue weighted by Gasteiger charge is 2.31. The van der Waals surface area contributed by atoms with Gasteiger partial charge in [0.1, 0.15) is 22.6 Å². The SMILES string of the molecule is CCn1[nH]cc(C(=O)c2cc(Oc3ccc(C(F)(F)F)cc3Cl)ccc2[N+](=O)[O-])c1=O. The number of aryl methyl sites for hydroxylation is 1. The van der Waals surface area contributed by atoms with Crippen LogP contribution in [-0.2, 0) is 12.7 Å². The number of aromatic amines is 1. The molecule has 8 nitrogen and oxygen atoms in total. The van der Waals surface area contributed by atoms with Crippen LogP contribution in [0.2, 0.25) is 5.02 Å². The van der Waals surface area contributed by atoms with Crippen LogP contribution in [0.25, 0.3) is 0 Å². The maximum Gasteiger partial charge on any atom is 0.416 e. The van der Waals surface area contributed by atoms with Gasteiger partial charge in [-0.2, -0.15) is 13.2 Å². The largest absolute Gasteiger partial charge is 0.456 e. The van der Waals surface area contributed by atoms with Gasteiger partial charge in [-0.3, -0.25) is 24.4 Å². The van der Waals surface area contributed by atoms with Gasteiger partial charge in [0.2, 0.25) is 5.78 Å². The molecule has 1 N–H and O–H groups in total. The third kappa shape index (κ3) is 4.45. The van der Waals surface area contributed by atoms with Crippen molar-refractivity contribution in [2.45, 2.75) is 19.6 Å². The van der Waals surface area contributed by atoms with Gasteiger partial charge in [0.05, 0.1) is 15.5 Å². The van der Waals surface area contributed by atoms with Crippen molar-refractivity contribution in [3.05, 3.63) is 84.8 Å². The van der Waals surface area contributed by atoms with Crippen molar-refractivity contribution >= 4 is 23.1 Å². The Bertz CT molecular complexity index is 1230. The van der Waals surface area contributed by atoms with Gasteiger partial charge < -0.3 is 9.84 Å². The Kier molecular flexibility index (Phi) is 5.89. The van der Waals surface area contributed by atoms with Gasteiger partial charge in [0, 0.05) is 18.8 Å². The molecule has 0 bridgehead atoms. The molecule has 162 valence electrons. The first kappa shape index (κ1) is 22.1. The van der Waals surface area contributed by atoms with Crippen molar-refractivity contribution in [2.75, 3.05) is 0 Å². The zero-order chi connectivity index (χ0) is 22.9. The summed E-state index contributed by atoms with van der Waals surface area (Å²) < 4.78 is 44.9. The zero-order valence-electron chi connectivity index (χ0n) is 15.7. The molecule has 12 heteroatoms. The molecule has 3 rings (SSSR count). The molecule has 1 aromatic heterocycles. The quantitative estimate of drug-likeness (QED) is 0.326. The van der Waals surface area contributed by atoms with Crippen molar-refractivity contribution in [1.82, 2.24) is 9.78 Å². The van der Waals surface area contributed by atoms with Gasteiger partial charge in [0.25, 0.3) is 11.2 Å². The van der Waals surface area contributed by atoms with Gasteiger partial charge in [-0.1, -0.05) is 11.6 Å². The van der Waals surface area contributed by atoms with E-state index >= 15 is 0 Å². The van der Waals surface area contributed by atoms with Gasteiger partial charge in [-0.15, -0.1) is 0 Å². The number of nitro benzene ring substituents is 1. The molecule has 0 unspecified atom stereocenters. The molecule has 0 aliphatic carbocycles. The fraction of sp³-hybridized carbons (Fsp3) is 0.158. The molecular formula is C19H13ClF3N3O5. The first-order valence-electron chi connectivity index (χ1n) is 8.69. The van der Waals surface area contributed by atoms with Crippen LogP contribution in [0.1, 0.15) is 28.4 Å². The summed E-state index contributed by atoms with van der Waals surface area (Å²) in [4.78, 5) is 35.6. The lowest BCUT2D eigenvalue weighted by Gasteiger charge is -2.12. The minimum Gasteiger partial charge on any atom is -0.456 e. The number of alkyl halides is 3. The maximum absolute atomic E-state index is 12.8. The van der Waals surface area contributed by atoms with Crippen LogP contribution in [-0.4, -0.2) is 20.5 Å². The normalized spacial score (nSPS) is 11.4. The standard InChI is InChI=1S/C19H13ClF3N3O5/c1-2-25-18(28)13(9-24-25)17(27)12-8-11(4-5-15(12)26(29)30)31-16-6-3-10(7-14(16)20)19(21,22)23/h3-9,24H,2H2,1H3. The smallest absolute Gasteiger partial charge is 0.416 e. The predicted octanol–water partition coefficient (Wildman–Crippen LogP) is 4.80. The minimum absolute atomic E-state index is 0.0954. The number of nitrogens with one attached hydrogen (secondary N) is 1. The highest BCUT2D eigenvalue weighted by Crippen LogP contribution is 2.37. The van der Waals surface area contributed by atoms with Crippen LogP contribution in [0.15, 0.2) is 47.4 Å². The van der Waals surface area contributed by atoms with Crippen molar-refractivity contribution in [1.29, 1.82) is 0 Å². The zero-order valence-corrected chi connectivity index (χ0v) is 16.5. The number of ether oxygens (including phenoxy) is 1. The first-order chi connectivity index (χ1) is 14.5. The minimum atomic E-state index is -4.60. The fourth-order valence-electron chi connectivity index (χ4n) is 2.76.